The molecule has 2 N–H and O–H groups in total. The number of nitrogens with zero attached hydrogens (tertiary/aromatic N) is 3. The second-order valence-electron chi connectivity index (χ2n) is 10.1. The lowest BCUT2D eigenvalue weighted by molar-refractivity contribution is -0.145. The highest BCUT2D eigenvalue weighted by Crippen LogP contribution is 2.45. The number of hydrogen-bond donors (Lipinski definition) is 2. The van der Waals surface area contributed by atoms with Gasteiger partial charge < -0.3 is 15.2 Å². The van der Waals surface area contributed by atoms with Gasteiger partial charge in [-0.2, -0.15) is 0 Å². The Morgan fingerprint density at radius 1 is 0.955 bits per heavy atom. The van der Waals surface area contributed by atoms with Gasteiger partial charge in [-0.15, -0.1) is 22.0 Å². The van der Waals surface area contributed by atoms with E-state index in [-0.39, 0.29) is 29.7 Å². The number of carboxylic acid groups (broad SMARTS) is 1. The summed E-state index contributed by atoms with van der Waals surface area (Å²) in [6.07, 6.45) is -0.662. The smallest absolute Gasteiger partial charge is 0.310 e. The Kier molecular flexibility index (Phi) is 8.82. The summed E-state index contributed by atoms with van der Waals surface area (Å²) in [6, 6.07) is 27.9. The molecule has 12 heteroatoms. The second-order valence-corrected chi connectivity index (χ2v) is 12.7. The predicted molar refractivity (Wildman–Crippen MR) is 172 cm³/mol. The van der Waals surface area contributed by atoms with Gasteiger partial charge in [0.2, 0.25) is 11.0 Å². The van der Waals surface area contributed by atoms with E-state index in [1.54, 1.807) is 4.90 Å². The Balaban J connectivity index is 1.32. The molecule has 0 aliphatic carbocycles. The van der Waals surface area contributed by atoms with Crippen molar-refractivity contribution >= 4 is 63.7 Å². The lowest BCUT2D eigenvalue weighted by Crippen LogP contribution is -2.70. The van der Waals surface area contributed by atoms with Crippen LogP contribution in [-0.2, 0) is 32.0 Å². The minimum absolute atomic E-state index is 0.0976. The zero-order valence-corrected chi connectivity index (χ0v) is 25.6. The van der Waals surface area contributed by atoms with Crippen LogP contribution in [0.3, 0.4) is 0 Å². The number of carbonyl (C=O) groups excluding carboxylic acids is 2. The van der Waals surface area contributed by atoms with Crippen LogP contribution in [0.5, 0.6) is 0 Å². The number of rotatable bonds is 10. The van der Waals surface area contributed by atoms with Crippen LogP contribution < -0.4 is 5.32 Å². The van der Waals surface area contributed by atoms with Crippen molar-refractivity contribution < 1.29 is 24.2 Å². The lowest BCUT2D eigenvalue weighted by atomic mass is 10.0. The van der Waals surface area contributed by atoms with Gasteiger partial charge >= 0.3 is 5.97 Å². The van der Waals surface area contributed by atoms with E-state index in [2.05, 4.69) is 15.5 Å². The van der Waals surface area contributed by atoms with Crippen molar-refractivity contribution in [1.29, 1.82) is 0 Å². The molecule has 3 aromatic carbocycles. The van der Waals surface area contributed by atoms with Gasteiger partial charge in [-0.25, -0.2) is 0 Å². The Morgan fingerprint density at radius 2 is 1.57 bits per heavy atom. The molecule has 1 aromatic heterocycles. The van der Waals surface area contributed by atoms with Crippen molar-refractivity contribution in [2.24, 2.45) is 0 Å². The molecule has 2 atom stereocenters. The molecule has 0 bridgehead atoms. The molecule has 0 unspecified atom stereocenters. The summed E-state index contributed by atoms with van der Waals surface area (Å²) in [7, 11) is 0. The van der Waals surface area contributed by atoms with Crippen LogP contribution in [0, 0.1) is 0 Å². The minimum Gasteiger partial charge on any atom is -0.481 e. The van der Waals surface area contributed by atoms with Crippen LogP contribution in [0.15, 0.2) is 96.7 Å². The first-order valence-electron chi connectivity index (χ1n) is 13.8. The average Bonchev–Trinajstić information content (AvgIpc) is 3.50. The number of fused-ring (bicyclic) bond motifs is 1. The molecule has 9 nitrogen and oxygen atoms in total. The van der Waals surface area contributed by atoms with Crippen LogP contribution >= 0.6 is 35.3 Å². The fourth-order valence-corrected chi connectivity index (χ4v) is 7.73. The number of thiocarbonyl (C=S) groups is 1. The van der Waals surface area contributed by atoms with Crippen molar-refractivity contribution in [2.75, 3.05) is 5.75 Å². The van der Waals surface area contributed by atoms with Crippen molar-refractivity contribution in [1.82, 2.24) is 20.4 Å². The molecule has 2 amide bonds. The molecule has 4 aromatic rings. The molecule has 3 heterocycles. The summed E-state index contributed by atoms with van der Waals surface area (Å²) in [4.78, 5) is 39.4. The standard InChI is InChI=1S/C32H26N4O5S3/c37-23(16-19-10-4-1-5-11-19)33-26-30(40)36-27(22(18-43-31(26)36)29-35-34-24(44-29)17-25(38)39)32(42)41-28(20-12-6-2-7-13-20)21-14-8-3-9-15-21/h1-15,26,28,31H,16-18H2,(H,33,37)(H,38,39)/t26-,31-/m1/s1. The molecule has 2 aliphatic heterocycles. The molecule has 6 rings (SSSR count). The highest BCUT2D eigenvalue weighted by Gasteiger charge is 2.54. The molecule has 1 saturated heterocycles. The Bertz CT molecular complexity index is 1690. The number of nitrogens with one attached hydrogen (secondary N) is 1. The number of ether oxygens (including phenoxy) is 1. The SMILES string of the molecule is O=C(O)Cc1nnc(C2=C(C(=S)OC(c3ccccc3)c3ccccc3)N3C(=O)[C@@H](NC(=O)Cc4ccccc4)[C@H]3SC2)s1. The van der Waals surface area contributed by atoms with E-state index < -0.39 is 23.5 Å². The van der Waals surface area contributed by atoms with Gasteiger partial charge in [0.15, 0.2) is 0 Å². The summed E-state index contributed by atoms with van der Waals surface area (Å²) >= 11 is 8.54. The number of carboxylic acids is 1. The van der Waals surface area contributed by atoms with E-state index in [9.17, 15) is 19.5 Å². The number of carbonyl (C=O) groups is 3. The van der Waals surface area contributed by atoms with Crippen LogP contribution in [-0.4, -0.2) is 60.2 Å². The van der Waals surface area contributed by atoms with Gasteiger partial charge in [0.05, 0.1) is 12.8 Å². The molecule has 0 radical (unpaired) electrons. The maximum absolute atomic E-state index is 13.7. The van der Waals surface area contributed by atoms with Gasteiger partial charge in [0.25, 0.3) is 5.91 Å². The van der Waals surface area contributed by atoms with Gasteiger partial charge in [-0.3, -0.25) is 19.3 Å². The third kappa shape index (κ3) is 6.28. The van der Waals surface area contributed by atoms with Crippen LogP contribution in [0.25, 0.3) is 5.57 Å². The van der Waals surface area contributed by atoms with E-state index >= 15 is 0 Å². The number of aromatic nitrogens is 2. The summed E-state index contributed by atoms with van der Waals surface area (Å²) in [5.41, 5.74) is 3.63. The van der Waals surface area contributed by atoms with Crippen LogP contribution in [0.1, 0.15) is 32.8 Å². The third-order valence-electron chi connectivity index (χ3n) is 7.14. The molecular formula is C32H26N4O5S3. The summed E-state index contributed by atoms with van der Waals surface area (Å²) in [5.74, 6) is -1.17. The van der Waals surface area contributed by atoms with E-state index in [0.29, 0.717) is 27.0 Å². The van der Waals surface area contributed by atoms with Gasteiger partial charge in [-0.05, 0) is 28.9 Å². The zero-order valence-electron chi connectivity index (χ0n) is 23.2. The van der Waals surface area contributed by atoms with Crippen molar-refractivity contribution in [3.05, 3.63) is 123 Å². The molecular weight excluding hydrogens is 617 g/mol. The number of aliphatic carboxylic acids is 1. The van der Waals surface area contributed by atoms with Gasteiger partial charge in [-0.1, -0.05) is 102 Å². The maximum atomic E-state index is 13.7. The highest BCUT2D eigenvalue weighted by molar-refractivity contribution is 8.00. The summed E-state index contributed by atoms with van der Waals surface area (Å²) in [5, 5.41) is 21.0. The van der Waals surface area contributed by atoms with Crippen molar-refractivity contribution in [2.45, 2.75) is 30.4 Å². The number of thioether (sulfide) groups is 1. The first-order chi connectivity index (χ1) is 21.4. The number of benzene rings is 3. The quantitative estimate of drug-likeness (QED) is 0.188. The molecule has 1 fully saturated rings. The monoisotopic (exact) mass is 642 g/mol. The number of amides is 2. The zero-order chi connectivity index (χ0) is 30.6. The Morgan fingerprint density at radius 3 is 2.18 bits per heavy atom. The second kappa shape index (κ2) is 13.1. The molecule has 222 valence electrons. The molecule has 2 aliphatic rings. The first kappa shape index (κ1) is 29.7. The average molecular weight is 643 g/mol. The van der Waals surface area contributed by atoms with Crippen molar-refractivity contribution in [3.8, 4) is 0 Å². The number of hydrogen-bond acceptors (Lipinski definition) is 9. The molecule has 0 saturated carbocycles. The van der Waals surface area contributed by atoms with Crippen LogP contribution in [0.2, 0.25) is 0 Å². The Hall–Kier alpha value is -4.39. The fourth-order valence-electron chi connectivity index (χ4n) is 5.10. The fraction of sp³-hybridized carbons (Fsp3) is 0.188. The third-order valence-corrected chi connectivity index (χ3v) is 9.70. The van der Waals surface area contributed by atoms with Crippen LogP contribution in [0.4, 0.5) is 0 Å². The van der Waals surface area contributed by atoms with Gasteiger partial charge in [0, 0.05) is 11.3 Å². The predicted octanol–water partition coefficient (Wildman–Crippen LogP) is 4.65. The number of β-lactam (4-membered cyclic amide) rings is 1. The first-order valence-corrected chi connectivity index (χ1v) is 16.0. The van der Waals surface area contributed by atoms with Gasteiger partial charge in [0.1, 0.15) is 33.2 Å². The van der Waals surface area contributed by atoms with E-state index in [1.165, 1.54) is 11.8 Å². The molecule has 0 spiro atoms. The summed E-state index contributed by atoms with van der Waals surface area (Å²) in [6.45, 7) is 0. The van der Waals surface area contributed by atoms with Crippen molar-refractivity contribution in [3.63, 3.8) is 0 Å². The van der Waals surface area contributed by atoms with E-state index in [1.807, 2.05) is 91.0 Å². The highest BCUT2D eigenvalue weighted by atomic mass is 32.2. The maximum Gasteiger partial charge on any atom is 0.310 e. The van der Waals surface area contributed by atoms with E-state index in [0.717, 1.165) is 28.0 Å². The normalized spacial score (nSPS) is 17.6. The Labute approximate surface area is 267 Å². The molecule has 44 heavy (non-hydrogen) atoms. The topological polar surface area (TPSA) is 122 Å². The van der Waals surface area contributed by atoms with E-state index in [4.69, 9.17) is 17.0 Å². The summed E-state index contributed by atoms with van der Waals surface area (Å²) < 4.78 is 6.53. The minimum atomic E-state index is -1.01. The largest absolute Gasteiger partial charge is 0.481 e. The lowest BCUT2D eigenvalue weighted by Gasteiger charge is -2.50.